The number of nitrogens with zero attached hydrogens (tertiary/aromatic N) is 2. The van der Waals surface area contributed by atoms with Gasteiger partial charge < -0.3 is 5.32 Å². The fourth-order valence-electron chi connectivity index (χ4n) is 1.82. The molecular formula is C14H16IN3O. The Hall–Kier alpha value is -1.37. The maximum Gasteiger partial charge on any atom is 0.252 e. The summed E-state index contributed by atoms with van der Waals surface area (Å²) in [6, 6.07) is 7.73. The molecule has 0 bridgehead atoms. The lowest BCUT2D eigenvalue weighted by atomic mass is 10.1. The summed E-state index contributed by atoms with van der Waals surface area (Å²) >= 11 is 2.21. The summed E-state index contributed by atoms with van der Waals surface area (Å²) < 4.78 is 2.77. The van der Waals surface area contributed by atoms with E-state index in [1.807, 2.05) is 44.4 Å². The third-order valence-corrected chi connectivity index (χ3v) is 4.30. The number of aromatic nitrogens is 2. The van der Waals surface area contributed by atoms with Crippen LogP contribution in [0.25, 0.3) is 0 Å². The highest BCUT2D eigenvalue weighted by Gasteiger charge is 2.10. The second-order valence-corrected chi connectivity index (χ2v) is 5.50. The molecule has 0 atom stereocenters. The molecule has 0 aliphatic heterocycles. The molecule has 1 aromatic heterocycles. The number of aryl methyl sites for hydroxylation is 2. The highest BCUT2D eigenvalue weighted by molar-refractivity contribution is 14.1. The molecular weight excluding hydrogens is 353 g/mol. The number of hydrogen-bond donors (Lipinski definition) is 1. The Morgan fingerprint density at radius 1 is 1.42 bits per heavy atom. The van der Waals surface area contributed by atoms with Gasteiger partial charge in [0.15, 0.2) is 0 Å². The maximum absolute atomic E-state index is 12.1. The van der Waals surface area contributed by atoms with Crippen LogP contribution in [0.15, 0.2) is 30.5 Å². The van der Waals surface area contributed by atoms with Crippen molar-refractivity contribution in [1.29, 1.82) is 0 Å². The Kier molecular flexibility index (Phi) is 4.57. The van der Waals surface area contributed by atoms with Gasteiger partial charge in [0.1, 0.15) is 0 Å². The van der Waals surface area contributed by atoms with Gasteiger partial charge in [-0.3, -0.25) is 9.48 Å². The SMILES string of the molecule is Cc1cccc(C(=O)NCCc2ccn(C)n2)c1I. The van der Waals surface area contributed by atoms with E-state index in [0.29, 0.717) is 6.54 Å². The normalized spacial score (nSPS) is 10.5. The molecule has 0 saturated carbocycles. The standard InChI is InChI=1S/C14H16IN3O/c1-10-4-3-5-12(13(10)15)14(19)16-8-6-11-7-9-18(2)17-11/h3-5,7,9H,6,8H2,1-2H3,(H,16,19). The summed E-state index contributed by atoms with van der Waals surface area (Å²) in [5.74, 6) is -0.0240. The van der Waals surface area contributed by atoms with Crippen LogP contribution in [0.5, 0.6) is 0 Å². The lowest BCUT2D eigenvalue weighted by Gasteiger charge is -2.07. The Labute approximate surface area is 126 Å². The molecule has 2 aromatic rings. The molecule has 0 fully saturated rings. The van der Waals surface area contributed by atoms with Crippen molar-refractivity contribution < 1.29 is 4.79 Å². The topological polar surface area (TPSA) is 46.9 Å². The van der Waals surface area contributed by atoms with Crippen LogP contribution in [-0.4, -0.2) is 22.2 Å². The Morgan fingerprint density at radius 3 is 2.89 bits per heavy atom. The summed E-state index contributed by atoms with van der Waals surface area (Å²) in [5.41, 5.74) is 2.85. The van der Waals surface area contributed by atoms with Gasteiger partial charge in [0.05, 0.1) is 11.3 Å². The van der Waals surface area contributed by atoms with E-state index in [1.165, 1.54) is 0 Å². The first-order valence-electron chi connectivity index (χ1n) is 6.10. The lowest BCUT2D eigenvalue weighted by molar-refractivity contribution is 0.0953. The monoisotopic (exact) mass is 369 g/mol. The van der Waals surface area contributed by atoms with E-state index >= 15 is 0 Å². The van der Waals surface area contributed by atoms with Crippen LogP contribution >= 0.6 is 22.6 Å². The summed E-state index contributed by atoms with van der Waals surface area (Å²) in [7, 11) is 1.89. The van der Waals surface area contributed by atoms with E-state index in [2.05, 4.69) is 33.0 Å². The van der Waals surface area contributed by atoms with E-state index < -0.39 is 0 Å². The van der Waals surface area contributed by atoms with Gasteiger partial charge >= 0.3 is 0 Å². The van der Waals surface area contributed by atoms with Gasteiger partial charge in [-0.25, -0.2) is 0 Å². The number of benzene rings is 1. The van der Waals surface area contributed by atoms with E-state index in [9.17, 15) is 4.79 Å². The summed E-state index contributed by atoms with van der Waals surface area (Å²) in [6.07, 6.45) is 2.65. The van der Waals surface area contributed by atoms with Gasteiger partial charge in [0.25, 0.3) is 5.91 Å². The van der Waals surface area contributed by atoms with Crippen molar-refractivity contribution in [3.63, 3.8) is 0 Å². The molecule has 1 aromatic carbocycles. The highest BCUT2D eigenvalue weighted by Crippen LogP contribution is 2.16. The fraction of sp³-hybridized carbons (Fsp3) is 0.286. The lowest BCUT2D eigenvalue weighted by Crippen LogP contribution is -2.26. The molecule has 1 amide bonds. The number of carbonyl (C=O) groups excluding carboxylic acids is 1. The van der Waals surface area contributed by atoms with E-state index in [1.54, 1.807) is 4.68 Å². The predicted molar refractivity (Wildman–Crippen MR) is 83.1 cm³/mol. The largest absolute Gasteiger partial charge is 0.352 e. The molecule has 4 nitrogen and oxygen atoms in total. The van der Waals surface area contributed by atoms with Gasteiger partial charge in [-0.05, 0) is 47.2 Å². The fourth-order valence-corrected chi connectivity index (χ4v) is 2.42. The van der Waals surface area contributed by atoms with Crippen LogP contribution in [-0.2, 0) is 13.5 Å². The molecule has 5 heteroatoms. The van der Waals surface area contributed by atoms with Crippen molar-refractivity contribution in [2.75, 3.05) is 6.54 Å². The first-order chi connectivity index (χ1) is 9.08. The predicted octanol–water partition coefficient (Wildman–Crippen LogP) is 2.31. The first-order valence-corrected chi connectivity index (χ1v) is 7.17. The van der Waals surface area contributed by atoms with Crippen LogP contribution in [0.2, 0.25) is 0 Å². The Morgan fingerprint density at radius 2 is 2.21 bits per heavy atom. The number of halogens is 1. The highest BCUT2D eigenvalue weighted by atomic mass is 127. The summed E-state index contributed by atoms with van der Waals surface area (Å²) in [6.45, 7) is 2.60. The van der Waals surface area contributed by atoms with E-state index in [-0.39, 0.29) is 5.91 Å². The second-order valence-electron chi connectivity index (χ2n) is 4.42. The average molecular weight is 369 g/mol. The number of carbonyl (C=O) groups is 1. The first kappa shape index (κ1) is 14.0. The zero-order valence-corrected chi connectivity index (χ0v) is 13.1. The van der Waals surface area contributed by atoms with Crippen molar-refractivity contribution in [3.05, 3.63) is 50.9 Å². The van der Waals surface area contributed by atoms with Crippen molar-refractivity contribution in [2.24, 2.45) is 7.05 Å². The quantitative estimate of drug-likeness (QED) is 0.841. The number of rotatable bonds is 4. The van der Waals surface area contributed by atoms with E-state index in [4.69, 9.17) is 0 Å². The second kappa shape index (κ2) is 6.18. The van der Waals surface area contributed by atoms with Crippen molar-refractivity contribution in [1.82, 2.24) is 15.1 Å². The van der Waals surface area contributed by atoms with Crippen molar-refractivity contribution in [2.45, 2.75) is 13.3 Å². The van der Waals surface area contributed by atoms with Gasteiger partial charge in [0.2, 0.25) is 0 Å². The van der Waals surface area contributed by atoms with Crippen LogP contribution in [0.1, 0.15) is 21.6 Å². The van der Waals surface area contributed by atoms with Crippen LogP contribution in [0.3, 0.4) is 0 Å². The minimum Gasteiger partial charge on any atom is -0.352 e. The van der Waals surface area contributed by atoms with E-state index in [0.717, 1.165) is 26.8 Å². The molecule has 0 unspecified atom stereocenters. The molecule has 0 radical (unpaired) electrons. The molecule has 2 rings (SSSR count). The number of hydrogen-bond acceptors (Lipinski definition) is 2. The average Bonchev–Trinajstić information content (AvgIpc) is 2.78. The molecule has 0 aliphatic carbocycles. The number of nitrogens with one attached hydrogen (secondary N) is 1. The molecule has 1 N–H and O–H groups in total. The maximum atomic E-state index is 12.1. The molecule has 0 aliphatic rings. The van der Waals surface area contributed by atoms with Gasteiger partial charge in [-0.15, -0.1) is 0 Å². The number of amides is 1. The Bertz CT molecular complexity index is 592. The molecule has 19 heavy (non-hydrogen) atoms. The summed E-state index contributed by atoms with van der Waals surface area (Å²) in [4.78, 5) is 12.1. The molecule has 0 spiro atoms. The molecule has 100 valence electrons. The van der Waals surface area contributed by atoms with Crippen LogP contribution < -0.4 is 5.32 Å². The van der Waals surface area contributed by atoms with Crippen LogP contribution in [0, 0.1) is 10.5 Å². The smallest absolute Gasteiger partial charge is 0.252 e. The minimum absolute atomic E-state index is 0.0240. The van der Waals surface area contributed by atoms with Gasteiger partial charge in [-0.1, -0.05) is 12.1 Å². The van der Waals surface area contributed by atoms with Gasteiger partial charge in [-0.2, -0.15) is 5.10 Å². The summed E-state index contributed by atoms with van der Waals surface area (Å²) in [5, 5.41) is 7.21. The molecule has 0 saturated heterocycles. The third-order valence-electron chi connectivity index (χ3n) is 2.87. The minimum atomic E-state index is -0.0240. The zero-order valence-electron chi connectivity index (χ0n) is 11.0. The molecule has 1 heterocycles. The third kappa shape index (κ3) is 3.56. The van der Waals surface area contributed by atoms with Gasteiger partial charge in [0, 0.05) is 29.8 Å². The van der Waals surface area contributed by atoms with Crippen molar-refractivity contribution >= 4 is 28.5 Å². The van der Waals surface area contributed by atoms with Crippen LogP contribution in [0.4, 0.5) is 0 Å². The Balaban J connectivity index is 1.93. The zero-order chi connectivity index (χ0) is 13.8. The van der Waals surface area contributed by atoms with Crippen molar-refractivity contribution in [3.8, 4) is 0 Å².